The van der Waals surface area contributed by atoms with Crippen LogP contribution in [0.5, 0.6) is 0 Å². The van der Waals surface area contributed by atoms with Crippen LogP contribution in [0.15, 0.2) is 0 Å². The Morgan fingerprint density at radius 1 is 0.535 bits per heavy atom. The monoisotopic (exact) mass is 626 g/mol. The minimum absolute atomic E-state index is 0.0886. The van der Waals surface area contributed by atoms with Gasteiger partial charge in [0, 0.05) is 12.3 Å². The van der Waals surface area contributed by atoms with Crippen LogP contribution in [0.1, 0.15) is 38.5 Å². The van der Waals surface area contributed by atoms with Crippen molar-refractivity contribution in [2.24, 2.45) is 11.8 Å². The molecule has 3 heterocycles. The number of hydrogen-bond acceptors (Lipinski definition) is 16. The van der Waals surface area contributed by atoms with Gasteiger partial charge in [-0.1, -0.05) is 0 Å². The molecule has 3 aliphatic heterocycles. The maximum absolute atomic E-state index is 10.7. The van der Waals surface area contributed by atoms with E-state index in [9.17, 15) is 56.2 Å². The van der Waals surface area contributed by atoms with Crippen molar-refractivity contribution in [3.05, 3.63) is 0 Å². The van der Waals surface area contributed by atoms with Crippen molar-refractivity contribution in [3.63, 3.8) is 0 Å². The molecule has 2 saturated carbocycles. The number of ether oxygens (including phenoxy) is 5. The zero-order chi connectivity index (χ0) is 31.2. The smallest absolute Gasteiger partial charge is 0.187 e. The molecule has 5 rings (SSSR count). The van der Waals surface area contributed by atoms with Gasteiger partial charge in [0.05, 0.1) is 55.9 Å². The molecule has 5 fully saturated rings. The lowest BCUT2D eigenvalue weighted by Crippen LogP contribution is -2.63. The minimum Gasteiger partial charge on any atom is -0.394 e. The molecule has 11 N–H and O–H groups in total. The second-order valence-electron chi connectivity index (χ2n) is 12.6. The minimum atomic E-state index is -1.68. The van der Waals surface area contributed by atoms with Crippen LogP contribution in [-0.4, -0.2) is 174 Å². The molecule has 3 saturated heterocycles. The molecule has 0 aromatic heterocycles. The second kappa shape index (κ2) is 14.0. The van der Waals surface area contributed by atoms with Crippen molar-refractivity contribution in [1.29, 1.82) is 0 Å². The summed E-state index contributed by atoms with van der Waals surface area (Å²) in [7, 11) is 0. The highest BCUT2D eigenvalue weighted by Gasteiger charge is 2.54. The summed E-state index contributed by atoms with van der Waals surface area (Å²) in [5, 5.41) is 113. The average molecular weight is 627 g/mol. The largest absolute Gasteiger partial charge is 0.394 e. The van der Waals surface area contributed by atoms with Crippen molar-refractivity contribution in [3.8, 4) is 0 Å². The Bertz CT molecular complexity index is 895. The summed E-state index contributed by atoms with van der Waals surface area (Å²) in [5.41, 5.74) is 0. The highest BCUT2D eigenvalue weighted by molar-refractivity contribution is 5.00. The summed E-state index contributed by atoms with van der Waals surface area (Å²) in [6.45, 7) is -1.30. The third-order valence-corrected chi connectivity index (χ3v) is 9.77. The summed E-state index contributed by atoms with van der Waals surface area (Å²) < 4.78 is 29.9. The molecule has 0 aromatic carbocycles. The van der Waals surface area contributed by atoms with Gasteiger partial charge in [-0.25, -0.2) is 0 Å². The Morgan fingerprint density at radius 3 is 1.63 bits per heavy atom. The predicted molar refractivity (Wildman–Crippen MR) is 139 cm³/mol. The molecule has 250 valence electrons. The van der Waals surface area contributed by atoms with E-state index in [-0.39, 0.29) is 31.6 Å². The van der Waals surface area contributed by atoms with E-state index in [1.807, 2.05) is 0 Å². The zero-order valence-corrected chi connectivity index (χ0v) is 23.6. The van der Waals surface area contributed by atoms with E-state index < -0.39 is 123 Å². The van der Waals surface area contributed by atoms with Gasteiger partial charge in [0.1, 0.15) is 48.8 Å². The van der Waals surface area contributed by atoms with Crippen LogP contribution in [0.3, 0.4) is 0 Å². The molecule has 0 radical (unpaired) electrons. The lowest BCUT2D eigenvalue weighted by Gasteiger charge is -2.52. The molecular weight excluding hydrogens is 580 g/mol. The molecule has 16 nitrogen and oxygen atoms in total. The standard InChI is InChI=1S/C27H46O16/c28-7-17-19(33)21(35)23(37)26(42-17)40-15-5-10(30)4-14-11(15)6-16(25(39-14)9-1-2-12(31)13(32)3-9)41-27-24(38)22(36)20(34)18(8-29)43-27/h9-38H,1-8H2/t9?,10?,11?,12?,13?,14?,15?,16?,17-,18-,19-,20-,21+,22+,23-,24-,25?,26-,27-/m1/s1. The van der Waals surface area contributed by atoms with Gasteiger partial charge >= 0.3 is 0 Å². The fraction of sp³-hybridized carbons (Fsp3) is 1.00. The summed E-state index contributed by atoms with van der Waals surface area (Å²) in [4.78, 5) is 0. The molecule has 2 aliphatic carbocycles. The van der Waals surface area contributed by atoms with E-state index in [1.165, 1.54) is 0 Å². The van der Waals surface area contributed by atoms with Crippen LogP contribution in [0, 0.1) is 11.8 Å². The SMILES string of the molecule is OC[C@H]1O[C@@H](OC2CC(O)CC3OC(C4CCC(O)C(O)C4)C(O[C@@H]4O[C@H](CO)[C@@H](O)[C@H](O)[C@H]4O)CC32)[C@H](O)[C@@H](O)[C@@H]1O. The van der Waals surface area contributed by atoms with Crippen molar-refractivity contribution in [1.82, 2.24) is 0 Å². The molecule has 0 spiro atoms. The fourth-order valence-corrected chi connectivity index (χ4v) is 7.24. The van der Waals surface area contributed by atoms with Crippen LogP contribution >= 0.6 is 0 Å². The number of aliphatic hydroxyl groups excluding tert-OH is 11. The Hall–Kier alpha value is -0.640. The van der Waals surface area contributed by atoms with Crippen molar-refractivity contribution >= 4 is 0 Å². The Labute approximate surface area is 248 Å². The molecule has 0 aromatic rings. The van der Waals surface area contributed by atoms with E-state index in [0.29, 0.717) is 12.8 Å². The van der Waals surface area contributed by atoms with Crippen LogP contribution in [0.2, 0.25) is 0 Å². The van der Waals surface area contributed by atoms with Gasteiger partial charge in [0.2, 0.25) is 0 Å². The quantitative estimate of drug-likeness (QED) is 0.126. The van der Waals surface area contributed by atoms with Gasteiger partial charge in [0.25, 0.3) is 0 Å². The van der Waals surface area contributed by atoms with E-state index in [4.69, 9.17) is 23.7 Å². The number of aliphatic hydroxyl groups is 11. The van der Waals surface area contributed by atoms with Crippen LogP contribution in [0.25, 0.3) is 0 Å². The molecule has 5 aliphatic rings. The first kappa shape index (κ1) is 33.7. The normalized spacial score (nSPS) is 54.6. The van der Waals surface area contributed by atoms with Gasteiger partial charge < -0.3 is 79.9 Å². The first-order chi connectivity index (χ1) is 20.4. The molecule has 16 heteroatoms. The summed E-state index contributed by atoms with van der Waals surface area (Å²) in [5.74, 6) is -0.806. The highest BCUT2D eigenvalue weighted by atomic mass is 16.7. The third-order valence-electron chi connectivity index (χ3n) is 9.77. The molecule has 0 bridgehead atoms. The number of rotatable bonds is 7. The predicted octanol–water partition coefficient (Wildman–Crippen LogP) is -5.19. The van der Waals surface area contributed by atoms with Gasteiger partial charge in [-0.15, -0.1) is 0 Å². The van der Waals surface area contributed by atoms with Crippen LogP contribution < -0.4 is 0 Å². The van der Waals surface area contributed by atoms with Gasteiger partial charge in [-0.05, 0) is 38.0 Å². The van der Waals surface area contributed by atoms with E-state index in [2.05, 4.69) is 0 Å². The van der Waals surface area contributed by atoms with Crippen LogP contribution in [0.4, 0.5) is 0 Å². The van der Waals surface area contributed by atoms with E-state index in [0.717, 1.165) is 0 Å². The van der Waals surface area contributed by atoms with Gasteiger partial charge in [-0.2, -0.15) is 0 Å². The first-order valence-electron chi connectivity index (χ1n) is 15.0. The fourth-order valence-electron chi connectivity index (χ4n) is 7.24. The third kappa shape index (κ3) is 6.90. The van der Waals surface area contributed by atoms with Crippen LogP contribution in [-0.2, 0) is 23.7 Å². The topological polar surface area (TPSA) is 269 Å². The highest BCUT2D eigenvalue weighted by Crippen LogP contribution is 2.45. The Morgan fingerprint density at radius 2 is 1.09 bits per heavy atom. The summed E-state index contributed by atoms with van der Waals surface area (Å²) in [6.07, 6.45) is -19.5. The molecular formula is C27H46O16. The molecule has 0 amide bonds. The lowest BCUT2D eigenvalue weighted by atomic mass is 9.72. The van der Waals surface area contributed by atoms with Gasteiger partial charge in [0.15, 0.2) is 12.6 Å². The average Bonchev–Trinajstić information content (AvgIpc) is 2.98. The van der Waals surface area contributed by atoms with Crippen molar-refractivity contribution in [2.75, 3.05) is 13.2 Å². The zero-order valence-electron chi connectivity index (χ0n) is 23.6. The maximum Gasteiger partial charge on any atom is 0.187 e. The lowest BCUT2D eigenvalue weighted by molar-refractivity contribution is -0.344. The Balaban J connectivity index is 1.38. The Kier molecular flexibility index (Phi) is 11.0. The first-order valence-corrected chi connectivity index (χ1v) is 15.0. The summed E-state index contributed by atoms with van der Waals surface area (Å²) in [6, 6.07) is 0. The molecule has 9 unspecified atom stereocenters. The second-order valence-corrected chi connectivity index (χ2v) is 12.6. The van der Waals surface area contributed by atoms with E-state index in [1.54, 1.807) is 0 Å². The number of hydrogen-bond donors (Lipinski definition) is 11. The van der Waals surface area contributed by atoms with Crippen molar-refractivity contribution in [2.45, 2.75) is 143 Å². The maximum atomic E-state index is 10.7. The van der Waals surface area contributed by atoms with Crippen molar-refractivity contribution < 1.29 is 79.9 Å². The molecule has 43 heavy (non-hydrogen) atoms. The van der Waals surface area contributed by atoms with E-state index >= 15 is 0 Å². The van der Waals surface area contributed by atoms with Gasteiger partial charge in [-0.3, -0.25) is 0 Å². The number of fused-ring (bicyclic) bond motifs is 1. The molecule has 19 atom stereocenters. The summed E-state index contributed by atoms with van der Waals surface area (Å²) >= 11 is 0.